The second-order valence-electron chi connectivity index (χ2n) is 2.15. The van der Waals surface area contributed by atoms with Crippen LogP contribution in [0.4, 0.5) is 0 Å². The van der Waals surface area contributed by atoms with E-state index in [9.17, 15) is 0 Å². The number of nitrogens with zero attached hydrogens (tertiary/aromatic N) is 1. The molecule has 1 aromatic heterocycles. The van der Waals surface area contributed by atoms with Crippen LogP contribution < -0.4 is 5.73 Å². The van der Waals surface area contributed by atoms with Gasteiger partial charge in [-0.25, -0.2) is 4.98 Å². The molecule has 0 aliphatic heterocycles. The largest absolute Gasteiger partial charge is 0.319 e. The van der Waals surface area contributed by atoms with Crippen LogP contribution in [0.1, 0.15) is 11.7 Å². The zero-order valence-corrected chi connectivity index (χ0v) is 8.81. The molecule has 0 radical (unpaired) electrons. The highest BCUT2D eigenvalue weighted by Gasteiger charge is 2.01. The fourth-order valence-electron chi connectivity index (χ4n) is 0.730. The molecule has 0 bridgehead atoms. The van der Waals surface area contributed by atoms with E-state index >= 15 is 0 Å². The molecule has 12 heavy (non-hydrogen) atoms. The quantitative estimate of drug-likeness (QED) is 0.646. The number of rotatable bonds is 2. The zero-order valence-electron chi connectivity index (χ0n) is 6.40. The van der Waals surface area contributed by atoms with Gasteiger partial charge in [0.1, 0.15) is 4.60 Å². The first-order valence-electron chi connectivity index (χ1n) is 3.24. The first kappa shape index (κ1) is 11.6. The van der Waals surface area contributed by atoms with Gasteiger partial charge in [0.2, 0.25) is 0 Å². The van der Waals surface area contributed by atoms with Gasteiger partial charge in [0.05, 0.1) is 11.7 Å². The molecule has 2 nitrogen and oxygen atoms in total. The smallest absolute Gasteiger partial charge is 0.106 e. The lowest BCUT2D eigenvalue weighted by Gasteiger charge is -2.04. The number of pyridine rings is 1. The summed E-state index contributed by atoms with van der Waals surface area (Å²) in [5.74, 6) is 0. The van der Waals surface area contributed by atoms with E-state index in [0.29, 0.717) is 0 Å². The van der Waals surface area contributed by atoms with Crippen molar-refractivity contribution in [2.45, 2.75) is 6.04 Å². The highest BCUT2D eigenvalue weighted by molar-refractivity contribution is 9.10. The highest BCUT2D eigenvalue weighted by Crippen LogP contribution is 2.11. The number of halogens is 2. The summed E-state index contributed by atoms with van der Waals surface area (Å²) < 4.78 is 0.798. The Morgan fingerprint density at radius 1 is 1.58 bits per heavy atom. The van der Waals surface area contributed by atoms with Gasteiger partial charge in [-0.05, 0) is 28.1 Å². The molecule has 1 atom stereocenters. The van der Waals surface area contributed by atoms with Crippen molar-refractivity contribution in [2.75, 3.05) is 0 Å². The molecule has 0 amide bonds. The van der Waals surface area contributed by atoms with Gasteiger partial charge in [0, 0.05) is 0 Å². The van der Waals surface area contributed by atoms with E-state index in [1.165, 1.54) is 0 Å². The summed E-state index contributed by atoms with van der Waals surface area (Å²) in [5, 5.41) is 0. The first-order valence-corrected chi connectivity index (χ1v) is 4.04. The second kappa shape index (κ2) is 5.30. The molecular formula is C8H10BrClN2. The fraction of sp³-hybridized carbons (Fsp3) is 0.125. The third-order valence-corrected chi connectivity index (χ3v) is 1.77. The average molecular weight is 250 g/mol. The van der Waals surface area contributed by atoms with Gasteiger partial charge < -0.3 is 5.73 Å². The minimum absolute atomic E-state index is 0. The van der Waals surface area contributed by atoms with E-state index < -0.39 is 0 Å². The van der Waals surface area contributed by atoms with E-state index in [2.05, 4.69) is 27.5 Å². The van der Waals surface area contributed by atoms with E-state index in [1.54, 1.807) is 6.08 Å². The normalized spacial score (nSPS) is 11.5. The summed E-state index contributed by atoms with van der Waals surface area (Å²) in [6.07, 6.45) is 1.66. The van der Waals surface area contributed by atoms with Gasteiger partial charge in [-0.15, -0.1) is 19.0 Å². The Hall–Kier alpha value is -0.380. The lowest BCUT2D eigenvalue weighted by atomic mass is 10.2. The van der Waals surface area contributed by atoms with Gasteiger partial charge in [0.25, 0.3) is 0 Å². The standard InChI is InChI=1S/C8H9BrN2.ClH/c1-2-6(10)7-4-3-5-8(9)11-7;/h2-6H,1,10H2;1H/t6-;/m0./s1. The van der Waals surface area contributed by atoms with Gasteiger partial charge in [0.15, 0.2) is 0 Å². The second-order valence-corrected chi connectivity index (χ2v) is 2.96. The fourth-order valence-corrected chi connectivity index (χ4v) is 1.09. The van der Waals surface area contributed by atoms with Gasteiger partial charge in [-0.1, -0.05) is 12.1 Å². The molecule has 0 aromatic carbocycles. The van der Waals surface area contributed by atoms with E-state index in [1.807, 2.05) is 18.2 Å². The van der Waals surface area contributed by atoms with Crippen LogP contribution in [0.25, 0.3) is 0 Å². The van der Waals surface area contributed by atoms with Crippen molar-refractivity contribution in [1.29, 1.82) is 0 Å². The molecule has 0 spiro atoms. The summed E-state index contributed by atoms with van der Waals surface area (Å²) >= 11 is 3.26. The molecule has 1 rings (SSSR count). The van der Waals surface area contributed by atoms with Crippen molar-refractivity contribution in [2.24, 2.45) is 5.73 Å². The third-order valence-electron chi connectivity index (χ3n) is 1.33. The Balaban J connectivity index is 0.00000121. The van der Waals surface area contributed by atoms with Crippen LogP contribution in [0.5, 0.6) is 0 Å². The SMILES string of the molecule is C=C[C@H](N)c1cccc(Br)n1.Cl. The maximum absolute atomic E-state index is 5.66. The van der Waals surface area contributed by atoms with Crippen LogP contribution in [0.3, 0.4) is 0 Å². The molecule has 1 heterocycles. The Kier molecular flexibility index (Phi) is 5.13. The minimum Gasteiger partial charge on any atom is -0.319 e. The molecule has 0 saturated heterocycles. The predicted molar refractivity (Wildman–Crippen MR) is 56.3 cm³/mol. The minimum atomic E-state index is -0.174. The van der Waals surface area contributed by atoms with Gasteiger partial charge >= 0.3 is 0 Å². The van der Waals surface area contributed by atoms with Crippen molar-refractivity contribution in [3.63, 3.8) is 0 Å². The number of hydrogen-bond acceptors (Lipinski definition) is 2. The summed E-state index contributed by atoms with van der Waals surface area (Å²) in [6, 6.07) is 5.46. The van der Waals surface area contributed by atoms with Crippen molar-refractivity contribution < 1.29 is 0 Å². The molecular weight excluding hydrogens is 239 g/mol. The van der Waals surface area contributed by atoms with E-state index in [0.717, 1.165) is 10.3 Å². The summed E-state index contributed by atoms with van der Waals surface area (Å²) in [5.41, 5.74) is 6.49. The Labute approximate surface area is 86.4 Å². The van der Waals surface area contributed by atoms with Gasteiger partial charge in [-0.2, -0.15) is 0 Å². The molecule has 4 heteroatoms. The topological polar surface area (TPSA) is 38.9 Å². The van der Waals surface area contributed by atoms with Crippen LogP contribution in [0.2, 0.25) is 0 Å². The van der Waals surface area contributed by atoms with Crippen LogP contribution in [0.15, 0.2) is 35.5 Å². The zero-order chi connectivity index (χ0) is 8.27. The molecule has 0 saturated carbocycles. The van der Waals surface area contributed by atoms with Crippen LogP contribution >= 0.6 is 28.3 Å². The number of aromatic nitrogens is 1. The predicted octanol–water partition coefficient (Wildman–Crippen LogP) is 2.45. The molecule has 0 aliphatic rings. The van der Waals surface area contributed by atoms with Crippen molar-refractivity contribution in [1.82, 2.24) is 4.98 Å². The molecule has 0 aliphatic carbocycles. The number of hydrogen-bond donors (Lipinski definition) is 1. The van der Waals surface area contributed by atoms with Crippen molar-refractivity contribution in [3.05, 3.63) is 41.2 Å². The highest BCUT2D eigenvalue weighted by atomic mass is 79.9. The molecule has 1 aromatic rings. The van der Waals surface area contributed by atoms with Crippen LogP contribution in [-0.4, -0.2) is 4.98 Å². The number of nitrogens with two attached hydrogens (primary N) is 1. The lowest BCUT2D eigenvalue weighted by molar-refractivity contribution is 0.859. The molecule has 0 fully saturated rings. The summed E-state index contributed by atoms with van der Waals surface area (Å²) in [7, 11) is 0. The maximum Gasteiger partial charge on any atom is 0.106 e. The Bertz CT molecular complexity index is 265. The summed E-state index contributed by atoms with van der Waals surface area (Å²) in [4.78, 5) is 4.16. The van der Waals surface area contributed by atoms with E-state index in [-0.39, 0.29) is 18.4 Å². The Morgan fingerprint density at radius 2 is 2.25 bits per heavy atom. The van der Waals surface area contributed by atoms with Crippen molar-refractivity contribution in [3.8, 4) is 0 Å². The molecule has 0 unspecified atom stereocenters. The molecule has 2 N–H and O–H groups in total. The maximum atomic E-state index is 5.66. The third kappa shape index (κ3) is 2.93. The summed E-state index contributed by atoms with van der Waals surface area (Å²) in [6.45, 7) is 3.59. The Morgan fingerprint density at radius 3 is 2.75 bits per heavy atom. The molecule has 66 valence electrons. The average Bonchev–Trinajstić information content (AvgIpc) is 2.03. The van der Waals surface area contributed by atoms with E-state index in [4.69, 9.17) is 5.73 Å². The van der Waals surface area contributed by atoms with Crippen LogP contribution in [0, 0.1) is 0 Å². The first-order chi connectivity index (χ1) is 5.24. The van der Waals surface area contributed by atoms with Crippen molar-refractivity contribution >= 4 is 28.3 Å². The van der Waals surface area contributed by atoms with Gasteiger partial charge in [-0.3, -0.25) is 0 Å². The van der Waals surface area contributed by atoms with Crippen LogP contribution in [-0.2, 0) is 0 Å². The monoisotopic (exact) mass is 248 g/mol. The lowest BCUT2D eigenvalue weighted by Crippen LogP contribution is -2.08.